The van der Waals surface area contributed by atoms with Crippen molar-refractivity contribution < 1.29 is 19.2 Å². The van der Waals surface area contributed by atoms with E-state index in [2.05, 4.69) is 10.6 Å². The molecule has 1 saturated carbocycles. The number of nitrogens with two attached hydrogens (primary N) is 1. The van der Waals surface area contributed by atoms with Crippen molar-refractivity contribution in [3.63, 3.8) is 0 Å². The molecule has 1 aromatic rings. The van der Waals surface area contributed by atoms with Crippen molar-refractivity contribution in [2.45, 2.75) is 56.1 Å². The van der Waals surface area contributed by atoms with Crippen LogP contribution >= 0.6 is 0 Å². The predicted octanol–water partition coefficient (Wildman–Crippen LogP) is 0.615. The Bertz CT molecular complexity index is 925. The van der Waals surface area contributed by atoms with Gasteiger partial charge in [0, 0.05) is 29.8 Å². The van der Waals surface area contributed by atoms with Crippen molar-refractivity contribution in [3.8, 4) is 0 Å². The van der Waals surface area contributed by atoms with E-state index in [9.17, 15) is 19.2 Å². The Labute approximate surface area is 168 Å². The molecule has 8 nitrogen and oxygen atoms in total. The first kappa shape index (κ1) is 18.3. The van der Waals surface area contributed by atoms with E-state index in [-0.39, 0.29) is 30.2 Å². The summed E-state index contributed by atoms with van der Waals surface area (Å²) in [5.41, 5.74) is 5.39. The lowest BCUT2D eigenvalue weighted by atomic mass is 9.76. The number of nitrogens with one attached hydrogen (secondary N) is 2. The number of rotatable bonds is 4. The van der Waals surface area contributed by atoms with Gasteiger partial charge in [0.05, 0.1) is 11.8 Å². The summed E-state index contributed by atoms with van der Waals surface area (Å²) in [6.07, 6.45) is 4.01. The number of amides is 4. The number of carbonyl (C=O) groups excluding carboxylic acids is 4. The fourth-order valence-electron chi connectivity index (χ4n) is 5.85. The molecule has 4 atom stereocenters. The van der Waals surface area contributed by atoms with Crippen molar-refractivity contribution >= 4 is 29.3 Å². The second kappa shape index (κ2) is 6.38. The normalized spacial score (nSPS) is 33.4. The van der Waals surface area contributed by atoms with E-state index in [1.165, 1.54) is 4.90 Å². The van der Waals surface area contributed by atoms with Gasteiger partial charge >= 0.3 is 0 Å². The number of likely N-dealkylation sites (tertiary alicyclic amines) is 1. The van der Waals surface area contributed by atoms with Crippen LogP contribution in [0.15, 0.2) is 24.3 Å². The number of anilines is 1. The molecule has 0 aromatic heterocycles. The van der Waals surface area contributed by atoms with Gasteiger partial charge in [-0.15, -0.1) is 0 Å². The van der Waals surface area contributed by atoms with Crippen LogP contribution in [0.5, 0.6) is 0 Å². The Morgan fingerprint density at radius 2 is 1.86 bits per heavy atom. The highest BCUT2D eigenvalue weighted by Crippen LogP contribution is 2.54. The number of hydrogen-bond donors (Lipinski definition) is 3. The summed E-state index contributed by atoms with van der Waals surface area (Å²) < 4.78 is 0. The van der Waals surface area contributed by atoms with Crippen LogP contribution in [0, 0.1) is 11.8 Å². The van der Waals surface area contributed by atoms with E-state index in [4.69, 9.17) is 5.73 Å². The van der Waals surface area contributed by atoms with Crippen molar-refractivity contribution in [1.82, 2.24) is 10.2 Å². The standard InChI is InChI=1S/C21H24N4O4/c22-15(26)10-9-14-16-17(19(28)25(18(16)27)11-5-1-2-6-11)21(24-14)12-7-3-4-8-13(12)23-20(21)29/h3-4,7-8,11,14,16-17,24H,1-2,5-6,9-10H2,(H2,22,26)(H,23,29)/t14-,16-,17-,21+/m1/s1. The molecule has 4 aliphatic rings. The highest BCUT2D eigenvalue weighted by atomic mass is 16.2. The molecule has 0 unspecified atom stereocenters. The Balaban J connectivity index is 1.61. The van der Waals surface area contributed by atoms with Crippen molar-refractivity contribution in [2.24, 2.45) is 17.6 Å². The number of imide groups is 1. The van der Waals surface area contributed by atoms with E-state index < -0.39 is 29.3 Å². The molecule has 2 saturated heterocycles. The van der Waals surface area contributed by atoms with Crippen molar-refractivity contribution in [1.29, 1.82) is 0 Å². The molecule has 1 spiro atoms. The number of carbonyl (C=O) groups is 4. The lowest BCUT2D eigenvalue weighted by Gasteiger charge is -2.31. The lowest BCUT2D eigenvalue weighted by Crippen LogP contribution is -2.54. The molecule has 3 fully saturated rings. The summed E-state index contributed by atoms with van der Waals surface area (Å²) in [7, 11) is 0. The van der Waals surface area contributed by atoms with Crippen LogP contribution in [-0.4, -0.2) is 40.6 Å². The minimum Gasteiger partial charge on any atom is -0.370 e. The van der Waals surface area contributed by atoms with Crippen molar-refractivity contribution in [2.75, 3.05) is 5.32 Å². The van der Waals surface area contributed by atoms with Crippen LogP contribution < -0.4 is 16.4 Å². The molecule has 29 heavy (non-hydrogen) atoms. The lowest BCUT2D eigenvalue weighted by molar-refractivity contribution is -0.145. The summed E-state index contributed by atoms with van der Waals surface area (Å²) in [4.78, 5) is 53.0. The third-order valence-electron chi connectivity index (χ3n) is 7.05. The molecule has 3 heterocycles. The largest absolute Gasteiger partial charge is 0.370 e. The highest BCUT2D eigenvalue weighted by molar-refractivity contribution is 6.15. The van der Waals surface area contributed by atoms with Gasteiger partial charge in [-0.2, -0.15) is 0 Å². The maximum Gasteiger partial charge on any atom is 0.250 e. The van der Waals surface area contributed by atoms with Crippen LogP contribution in [0.3, 0.4) is 0 Å². The second-order valence-corrected chi connectivity index (χ2v) is 8.55. The average molecular weight is 396 g/mol. The number of nitrogens with zero attached hydrogens (tertiary/aromatic N) is 1. The predicted molar refractivity (Wildman–Crippen MR) is 103 cm³/mol. The first-order chi connectivity index (χ1) is 13.9. The fraction of sp³-hybridized carbons (Fsp3) is 0.524. The van der Waals surface area contributed by atoms with E-state index in [0.29, 0.717) is 17.7 Å². The maximum absolute atomic E-state index is 13.6. The van der Waals surface area contributed by atoms with Gasteiger partial charge in [0.1, 0.15) is 5.54 Å². The van der Waals surface area contributed by atoms with Crippen LogP contribution in [0.25, 0.3) is 0 Å². The summed E-state index contributed by atoms with van der Waals surface area (Å²) in [5, 5.41) is 6.19. The van der Waals surface area contributed by atoms with Gasteiger partial charge in [-0.25, -0.2) is 0 Å². The number of hydrogen-bond acceptors (Lipinski definition) is 5. The number of fused-ring (bicyclic) bond motifs is 4. The summed E-state index contributed by atoms with van der Waals surface area (Å²) in [6, 6.07) is 6.71. The zero-order chi connectivity index (χ0) is 20.3. The van der Waals surface area contributed by atoms with Gasteiger partial charge < -0.3 is 11.1 Å². The molecule has 0 bridgehead atoms. The molecular weight excluding hydrogens is 372 g/mol. The monoisotopic (exact) mass is 396 g/mol. The van der Waals surface area contributed by atoms with Crippen LogP contribution in [0.4, 0.5) is 5.69 Å². The number of para-hydroxylation sites is 1. The highest BCUT2D eigenvalue weighted by Gasteiger charge is 2.70. The van der Waals surface area contributed by atoms with E-state index in [0.717, 1.165) is 25.7 Å². The van der Waals surface area contributed by atoms with Gasteiger partial charge in [-0.3, -0.25) is 29.4 Å². The van der Waals surface area contributed by atoms with Gasteiger partial charge in [0.15, 0.2) is 0 Å². The molecular formula is C21H24N4O4. The summed E-state index contributed by atoms with van der Waals surface area (Å²) >= 11 is 0. The van der Waals surface area contributed by atoms with Gasteiger partial charge in [-0.05, 0) is 25.3 Å². The third-order valence-corrected chi connectivity index (χ3v) is 7.05. The van der Waals surface area contributed by atoms with E-state index in [1.807, 2.05) is 18.2 Å². The van der Waals surface area contributed by atoms with Crippen LogP contribution in [0.2, 0.25) is 0 Å². The molecule has 1 aliphatic carbocycles. The Morgan fingerprint density at radius 1 is 1.14 bits per heavy atom. The Kier molecular flexibility index (Phi) is 4.03. The fourth-order valence-corrected chi connectivity index (χ4v) is 5.85. The van der Waals surface area contributed by atoms with Gasteiger partial charge in [0.2, 0.25) is 23.6 Å². The molecule has 8 heteroatoms. The molecule has 1 aromatic carbocycles. The molecule has 152 valence electrons. The van der Waals surface area contributed by atoms with E-state index in [1.54, 1.807) is 6.07 Å². The minimum atomic E-state index is -1.29. The van der Waals surface area contributed by atoms with Crippen LogP contribution in [-0.2, 0) is 24.7 Å². The summed E-state index contributed by atoms with van der Waals surface area (Å²) in [5.74, 6) is -2.75. The Hall–Kier alpha value is -2.74. The molecule has 4 amide bonds. The molecule has 5 rings (SSSR count). The smallest absolute Gasteiger partial charge is 0.250 e. The zero-order valence-electron chi connectivity index (χ0n) is 16.0. The van der Waals surface area contributed by atoms with Gasteiger partial charge in [-0.1, -0.05) is 31.0 Å². The molecule has 0 radical (unpaired) electrons. The summed E-state index contributed by atoms with van der Waals surface area (Å²) in [6.45, 7) is 0. The first-order valence-corrected chi connectivity index (χ1v) is 10.3. The van der Waals surface area contributed by atoms with Crippen LogP contribution in [0.1, 0.15) is 44.1 Å². The first-order valence-electron chi connectivity index (χ1n) is 10.3. The second-order valence-electron chi connectivity index (χ2n) is 8.55. The molecule has 3 aliphatic heterocycles. The average Bonchev–Trinajstić information content (AvgIpc) is 3.42. The maximum atomic E-state index is 13.6. The van der Waals surface area contributed by atoms with Gasteiger partial charge in [0.25, 0.3) is 0 Å². The SMILES string of the molecule is NC(=O)CC[C@H]1N[C@]2(C(=O)Nc3ccccc32)[C@H]2C(=O)N(C3CCCC3)C(=O)[C@H]12. The Morgan fingerprint density at radius 3 is 2.59 bits per heavy atom. The number of primary amides is 1. The van der Waals surface area contributed by atoms with Crippen molar-refractivity contribution in [3.05, 3.63) is 29.8 Å². The quantitative estimate of drug-likeness (QED) is 0.644. The minimum absolute atomic E-state index is 0.0884. The van der Waals surface area contributed by atoms with E-state index >= 15 is 0 Å². The third kappa shape index (κ3) is 2.41. The zero-order valence-corrected chi connectivity index (χ0v) is 16.0. The topological polar surface area (TPSA) is 122 Å². The number of benzene rings is 1. The molecule has 4 N–H and O–H groups in total.